The predicted molar refractivity (Wildman–Crippen MR) is 56.2 cm³/mol. The van der Waals surface area contributed by atoms with Gasteiger partial charge in [-0.1, -0.05) is 12.1 Å². The van der Waals surface area contributed by atoms with Crippen molar-refractivity contribution >= 4 is 17.0 Å². The van der Waals surface area contributed by atoms with Crippen LogP contribution in [0.25, 0.3) is 11.0 Å². The van der Waals surface area contributed by atoms with Crippen LogP contribution in [-0.4, -0.2) is 22.1 Å². The lowest BCUT2D eigenvalue weighted by Gasteiger charge is -2.08. The van der Waals surface area contributed by atoms with Crippen molar-refractivity contribution < 1.29 is 15.6 Å². The fourth-order valence-corrected chi connectivity index (χ4v) is 1.78. The van der Waals surface area contributed by atoms with Gasteiger partial charge in [0.15, 0.2) is 0 Å². The Kier molecular flexibility index (Phi) is 2.87. The van der Waals surface area contributed by atoms with Gasteiger partial charge in [0, 0.05) is 0 Å². The molecule has 1 aromatic heterocycles. The minimum atomic E-state index is -1.10. The number of quaternary nitrogens is 1. The highest BCUT2D eigenvalue weighted by Gasteiger charge is 2.09. The smallest absolute Gasteiger partial charge is 0.115 e. The number of benzene rings is 1. The van der Waals surface area contributed by atoms with E-state index in [0.29, 0.717) is 13.0 Å². The molecule has 16 heavy (non-hydrogen) atoms. The summed E-state index contributed by atoms with van der Waals surface area (Å²) in [6.07, 6.45) is 0.669. The molecule has 0 spiro atoms. The fraction of sp³-hybridized carbons (Fsp3) is 0.273. The molecule has 0 unspecified atom stereocenters. The molecule has 0 amide bonds. The minimum absolute atomic E-state index is 0.157. The van der Waals surface area contributed by atoms with Crippen LogP contribution < -0.4 is 10.8 Å². The van der Waals surface area contributed by atoms with Crippen LogP contribution in [-0.2, 0) is 17.8 Å². The summed E-state index contributed by atoms with van der Waals surface area (Å²) in [7, 11) is 0. The number of nitrogens with zero attached hydrogens (tertiary/aromatic N) is 2. The quantitative estimate of drug-likeness (QED) is 0.684. The number of hydrogen-bond donors (Lipinski definition) is 1. The average molecular weight is 219 g/mol. The second-order valence-electron chi connectivity index (χ2n) is 3.58. The molecular weight excluding hydrogens is 206 g/mol. The van der Waals surface area contributed by atoms with Crippen molar-refractivity contribution in [2.24, 2.45) is 0 Å². The molecule has 2 rings (SSSR count). The van der Waals surface area contributed by atoms with Crippen LogP contribution in [0.5, 0.6) is 0 Å². The molecular formula is C11H13N3O2. The van der Waals surface area contributed by atoms with Crippen LogP contribution >= 0.6 is 0 Å². The molecule has 84 valence electrons. The van der Waals surface area contributed by atoms with E-state index in [1.54, 1.807) is 4.57 Å². The van der Waals surface area contributed by atoms with Crippen LogP contribution in [0, 0.1) is 0 Å². The molecule has 0 aliphatic heterocycles. The van der Waals surface area contributed by atoms with E-state index in [0.717, 1.165) is 16.9 Å². The first kappa shape index (κ1) is 10.6. The highest BCUT2D eigenvalue weighted by molar-refractivity contribution is 5.78. The zero-order valence-electron chi connectivity index (χ0n) is 8.85. The molecule has 1 aromatic carbocycles. The maximum atomic E-state index is 10.7. The van der Waals surface area contributed by atoms with Crippen LogP contribution in [0.2, 0.25) is 0 Å². The normalized spacial score (nSPS) is 10.8. The van der Waals surface area contributed by atoms with E-state index in [4.69, 9.17) is 0 Å². The summed E-state index contributed by atoms with van der Waals surface area (Å²) in [4.78, 5) is 15.1. The van der Waals surface area contributed by atoms with E-state index >= 15 is 0 Å². The van der Waals surface area contributed by atoms with E-state index < -0.39 is 5.97 Å². The Morgan fingerprint density at radius 1 is 1.44 bits per heavy atom. The number of aliphatic carboxylic acids is 1. The van der Waals surface area contributed by atoms with Gasteiger partial charge in [-0.25, -0.2) is 4.98 Å². The summed E-state index contributed by atoms with van der Waals surface area (Å²) in [5.41, 5.74) is 5.40. The third-order valence-electron chi connectivity index (χ3n) is 2.42. The first-order valence-corrected chi connectivity index (χ1v) is 5.15. The fourth-order valence-electron chi connectivity index (χ4n) is 1.78. The molecule has 1 heterocycles. The maximum absolute atomic E-state index is 10.7. The van der Waals surface area contributed by atoms with Gasteiger partial charge in [-0.3, -0.25) is 0 Å². The van der Waals surface area contributed by atoms with Crippen molar-refractivity contribution in [2.75, 3.05) is 6.54 Å². The van der Waals surface area contributed by atoms with Crippen molar-refractivity contribution in [3.63, 3.8) is 0 Å². The van der Waals surface area contributed by atoms with Gasteiger partial charge < -0.3 is 20.2 Å². The number of carbonyl (C=O) groups excluding carboxylic acids is 1. The van der Waals surface area contributed by atoms with E-state index in [-0.39, 0.29) is 6.54 Å². The molecule has 0 saturated carbocycles. The number of hydrogen-bond acceptors (Lipinski definition) is 3. The molecule has 0 aliphatic rings. The lowest BCUT2D eigenvalue weighted by molar-refractivity contribution is -0.366. The molecule has 2 aromatic rings. The van der Waals surface area contributed by atoms with Gasteiger partial charge in [-0.05, 0) is 12.1 Å². The molecule has 5 nitrogen and oxygen atoms in total. The number of carbonyl (C=O) groups is 1. The molecule has 3 N–H and O–H groups in total. The predicted octanol–water partition coefficient (Wildman–Crippen LogP) is -1.43. The number of rotatable bonds is 4. The molecule has 0 aliphatic carbocycles. The average Bonchev–Trinajstić information content (AvgIpc) is 2.57. The number of para-hydroxylation sites is 2. The highest BCUT2D eigenvalue weighted by Crippen LogP contribution is 2.15. The van der Waals surface area contributed by atoms with Gasteiger partial charge in [0.05, 0.1) is 36.5 Å². The SMILES string of the molecule is [NH3+]CCc1nc2ccccc2n1CC(=O)[O-]. The Bertz CT molecular complexity index is 519. The molecule has 0 radical (unpaired) electrons. The Hall–Kier alpha value is -1.88. The number of carboxylic acid groups (broad SMARTS) is 1. The van der Waals surface area contributed by atoms with Gasteiger partial charge >= 0.3 is 0 Å². The van der Waals surface area contributed by atoms with Crippen molar-refractivity contribution in [3.8, 4) is 0 Å². The van der Waals surface area contributed by atoms with E-state index in [1.807, 2.05) is 24.3 Å². The highest BCUT2D eigenvalue weighted by atomic mass is 16.4. The van der Waals surface area contributed by atoms with Crippen molar-refractivity contribution in [2.45, 2.75) is 13.0 Å². The zero-order chi connectivity index (χ0) is 11.5. The Morgan fingerprint density at radius 3 is 2.88 bits per heavy atom. The summed E-state index contributed by atoms with van der Waals surface area (Å²) >= 11 is 0. The molecule has 5 heteroatoms. The maximum Gasteiger partial charge on any atom is 0.115 e. The second-order valence-corrected chi connectivity index (χ2v) is 3.58. The molecule has 0 bridgehead atoms. The number of fused-ring (bicyclic) bond motifs is 1. The van der Waals surface area contributed by atoms with Crippen molar-refractivity contribution in [1.29, 1.82) is 0 Å². The van der Waals surface area contributed by atoms with E-state index in [2.05, 4.69) is 10.7 Å². The van der Waals surface area contributed by atoms with Crippen LogP contribution in [0.15, 0.2) is 24.3 Å². The number of imidazole rings is 1. The van der Waals surface area contributed by atoms with Gasteiger partial charge in [-0.15, -0.1) is 0 Å². The minimum Gasteiger partial charge on any atom is -0.548 e. The van der Waals surface area contributed by atoms with Gasteiger partial charge in [-0.2, -0.15) is 0 Å². The van der Waals surface area contributed by atoms with Gasteiger partial charge in [0.2, 0.25) is 0 Å². The topological polar surface area (TPSA) is 85.6 Å². The molecule has 0 fully saturated rings. The first-order valence-electron chi connectivity index (χ1n) is 5.15. The lowest BCUT2D eigenvalue weighted by Crippen LogP contribution is -2.51. The Labute approximate surface area is 92.5 Å². The second kappa shape index (κ2) is 4.32. The molecule has 0 atom stereocenters. The summed E-state index contributed by atoms with van der Waals surface area (Å²) in [5, 5.41) is 10.7. The third-order valence-corrected chi connectivity index (χ3v) is 2.42. The Balaban J connectivity index is 2.54. The summed E-state index contributed by atoms with van der Waals surface area (Å²) < 4.78 is 1.68. The van der Waals surface area contributed by atoms with Crippen molar-refractivity contribution in [1.82, 2.24) is 9.55 Å². The first-order chi connectivity index (χ1) is 7.72. The van der Waals surface area contributed by atoms with Crippen LogP contribution in [0.3, 0.4) is 0 Å². The van der Waals surface area contributed by atoms with Crippen LogP contribution in [0.4, 0.5) is 0 Å². The van der Waals surface area contributed by atoms with Crippen LogP contribution in [0.1, 0.15) is 5.82 Å². The molecule has 0 saturated heterocycles. The standard InChI is InChI=1S/C11H13N3O2/c12-6-5-10-13-8-3-1-2-4-9(8)14(10)7-11(15)16/h1-4H,5-7,12H2,(H,15,16). The van der Waals surface area contributed by atoms with E-state index in [9.17, 15) is 9.90 Å². The summed E-state index contributed by atoms with van der Waals surface area (Å²) in [6, 6.07) is 7.47. The monoisotopic (exact) mass is 219 g/mol. The van der Waals surface area contributed by atoms with Gasteiger partial charge in [0.25, 0.3) is 0 Å². The van der Waals surface area contributed by atoms with Gasteiger partial charge in [0.1, 0.15) is 5.82 Å². The third kappa shape index (κ3) is 1.90. The largest absolute Gasteiger partial charge is 0.548 e. The zero-order valence-corrected chi connectivity index (χ0v) is 8.85. The Morgan fingerprint density at radius 2 is 2.19 bits per heavy atom. The van der Waals surface area contributed by atoms with Crippen molar-refractivity contribution in [3.05, 3.63) is 30.1 Å². The van der Waals surface area contributed by atoms with E-state index in [1.165, 1.54) is 0 Å². The summed E-state index contributed by atoms with van der Waals surface area (Å²) in [5.74, 6) is -0.353. The number of aromatic nitrogens is 2. The number of carboxylic acids is 1. The summed E-state index contributed by atoms with van der Waals surface area (Å²) in [6.45, 7) is 0.534. The lowest BCUT2D eigenvalue weighted by atomic mass is 10.3.